The van der Waals surface area contributed by atoms with Gasteiger partial charge in [-0.1, -0.05) is 30.7 Å². The van der Waals surface area contributed by atoms with E-state index in [4.69, 9.17) is 0 Å². The van der Waals surface area contributed by atoms with Crippen LogP contribution in [0.1, 0.15) is 33.1 Å². The van der Waals surface area contributed by atoms with Crippen molar-refractivity contribution in [2.24, 2.45) is 5.92 Å². The van der Waals surface area contributed by atoms with E-state index in [0.717, 1.165) is 5.92 Å². The largest absolute Gasteiger partial charge is 0.0877 e. The predicted molar refractivity (Wildman–Crippen MR) is 45.9 cm³/mol. The molecule has 0 aromatic rings. The molecule has 0 aliphatic heterocycles. The minimum atomic E-state index is 0.927. The minimum absolute atomic E-state index is 0.927. The van der Waals surface area contributed by atoms with Gasteiger partial charge < -0.3 is 0 Å². The Bertz CT molecular complexity index is 151. The van der Waals surface area contributed by atoms with E-state index in [1.807, 2.05) is 0 Å². The highest BCUT2D eigenvalue weighted by Crippen LogP contribution is 2.29. The SMILES string of the molecule is CC=CC=C1CCC(C)C1. The Kier molecular flexibility index (Phi) is 2.73. The molecule has 10 heavy (non-hydrogen) atoms. The summed E-state index contributed by atoms with van der Waals surface area (Å²) in [5, 5.41) is 0. The third-order valence-electron chi connectivity index (χ3n) is 2.09. The molecule has 1 saturated carbocycles. The molecule has 0 spiro atoms. The summed E-state index contributed by atoms with van der Waals surface area (Å²) in [6.07, 6.45) is 10.5. The van der Waals surface area contributed by atoms with Crippen LogP contribution in [0.25, 0.3) is 0 Å². The molecule has 1 unspecified atom stereocenters. The lowest BCUT2D eigenvalue weighted by molar-refractivity contribution is 0.620. The van der Waals surface area contributed by atoms with E-state index in [1.165, 1.54) is 19.3 Å². The molecule has 0 amide bonds. The summed E-state index contributed by atoms with van der Waals surface area (Å²) >= 11 is 0. The molecule has 0 nitrogen and oxygen atoms in total. The Labute approximate surface area is 63.6 Å². The Morgan fingerprint density at radius 2 is 2.30 bits per heavy atom. The van der Waals surface area contributed by atoms with E-state index in [0.29, 0.717) is 0 Å². The van der Waals surface area contributed by atoms with Crippen LogP contribution in [-0.2, 0) is 0 Å². The Balaban J connectivity index is 2.43. The zero-order valence-electron chi connectivity index (χ0n) is 6.93. The highest BCUT2D eigenvalue weighted by atomic mass is 14.2. The lowest BCUT2D eigenvalue weighted by Crippen LogP contribution is -1.80. The summed E-state index contributed by atoms with van der Waals surface area (Å²) in [6, 6.07) is 0. The van der Waals surface area contributed by atoms with Gasteiger partial charge >= 0.3 is 0 Å². The van der Waals surface area contributed by atoms with Gasteiger partial charge in [0, 0.05) is 0 Å². The maximum absolute atomic E-state index is 2.33. The van der Waals surface area contributed by atoms with E-state index < -0.39 is 0 Å². The molecular weight excluding hydrogens is 120 g/mol. The van der Waals surface area contributed by atoms with Crippen LogP contribution in [0.4, 0.5) is 0 Å². The second kappa shape index (κ2) is 3.60. The molecular formula is C10H16. The lowest BCUT2D eigenvalue weighted by atomic mass is 10.1. The van der Waals surface area contributed by atoms with Gasteiger partial charge in [-0.15, -0.1) is 0 Å². The van der Waals surface area contributed by atoms with E-state index in [9.17, 15) is 0 Å². The van der Waals surface area contributed by atoms with Gasteiger partial charge in [-0.05, 0) is 32.1 Å². The normalized spacial score (nSPS) is 30.6. The molecule has 0 bridgehead atoms. The van der Waals surface area contributed by atoms with Crippen LogP contribution in [0, 0.1) is 5.92 Å². The fourth-order valence-electron chi connectivity index (χ4n) is 1.47. The summed E-state index contributed by atoms with van der Waals surface area (Å²) in [7, 11) is 0. The highest BCUT2D eigenvalue weighted by Gasteiger charge is 2.13. The van der Waals surface area contributed by atoms with Gasteiger partial charge in [0.15, 0.2) is 0 Å². The summed E-state index contributed by atoms with van der Waals surface area (Å²) < 4.78 is 0. The molecule has 0 heterocycles. The smallest absolute Gasteiger partial charge is 0.0291 e. The van der Waals surface area contributed by atoms with Gasteiger partial charge in [0.2, 0.25) is 0 Å². The highest BCUT2D eigenvalue weighted by molar-refractivity contribution is 5.15. The van der Waals surface area contributed by atoms with Gasteiger partial charge in [-0.3, -0.25) is 0 Å². The van der Waals surface area contributed by atoms with Crippen molar-refractivity contribution in [3.05, 3.63) is 23.8 Å². The van der Waals surface area contributed by atoms with Crippen molar-refractivity contribution in [1.29, 1.82) is 0 Å². The number of hydrogen-bond acceptors (Lipinski definition) is 0. The predicted octanol–water partition coefficient (Wildman–Crippen LogP) is 3.31. The first-order chi connectivity index (χ1) is 4.83. The van der Waals surface area contributed by atoms with Crippen LogP contribution in [0.2, 0.25) is 0 Å². The topological polar surface area (TPSA) is 0 Å². The molecule has 1 aliphatic carbocycles. The first-order valence-corrected chi connectivity index (χ1v) is 4.13. The number of allylic oxidation sites excluding steroid dienone is 4. The van der Waals surface area contributed by atoms with Crippen molar-refractivity contribution in [2.45, 2.75) is 33.1 Å². The van der Waals surface area contributed by atoms with Crippen LogP contribution in [-0.4, -0.2) is 0 Å². The van der Waals surface area contributed by atoms with Crippen molar-refractivity contribution in [1.82, 2.24) is 0 Å². The Hall–Kier alpha value is -0.520. The summed E-state index contributed by atoms with van der Waals surface area (Å²) in [4.78, 5) is 0. The molecule has 0 saturated heterocycles. The number of hydrogen-bond donors (Lipinski definition) is 0. The standard InChI is InChI=1S/C10H16/c1-3-4-5-10-7-6-9(2)8-10/h3-5,9H,6-8H2,1-2H3. The van der Waals surface area contributed by atoms with Gasteiger partial charge in [0.05, 0.1) is 0 Å². The first-order valence-electron chi connectivity index (χ1n) is 4.13. The molecule has 0 N–H and O–H groups in total. The number of rotatable bonds is 1. The lowest BCUT2D eigenvalue weighted by Gasteiger charge is -1.93. The maximum Gasteiger partial charge on any atom is -0.0291 e. The molecule has 1 aliphatic rings. The van der Waals surface area contributed by atoms with Crippen molar-refractivity contribution >= 4 is 0 Å². The van der Waals surface area contributed by atoms with Gasteiger partial charge in [0.25, 0.3) is 0 Å². The quantitative estimate of drug-likeness (QED) is 0.518. The maximum atomic E-state index is 2.33. The molecule has 0 aromatic heterocycles. The molecule has 1 atom stereocenters. The van der Waals surface area contributed by atoms with Crippen molar-refractivity contribution in [2.75, 3.05) is 0 Å². The molecule has 0 heteroatoms. The molecule has 1 rings (SSSR count). The van der Waals surface area contributed by atoms with Gasteiger partial charge in [-0.2, -0.15) is 0 Å². The van der Waals surface area contributed by atoms with E-state index in [-0.39, 0.29) is 0 Å². The average Bonchev–Trinajstić information content (AvgIpc) is 2.31. The third kappa shape index (κ3) is 2.02. The van der Waals surface area contributed by atoms with Crippen LogP contribution < -0.4 is 0 Å². The van der Waals surface area contributed by atoms with Crippen LogP contribution >= 0.6 is 0 Å². The Morgan fingerprint density at radius 1 is 1.50 bits per heavy atom. The zero-order chi connectivity index (χ0) is 7.40. The van der Waals surface area contributed by atoms with E-state index in [1.54, 1.807) is 5.57 Å². The fraction of sp³-hybridized carbons (Fsp3) is 0.600. The van der Waals surface area contributed by atoms with Gasteiger partial charge in [0.1, 0.15) is 0 Å². The van der Waals surface area contributed by atoms with E-state index >= 15 is 0 Å². The third-order valence-corrected chi connectivity index (χ3v) is 2.09. The van der Waals surface area contributed by atoms with Gasteiger partial charge in [-0.25, -0.2) is 0 Å². The fourth-order valence-corrected chi connectivity index (χ4v) is 1.47. The van der Waals surface area contributed by atoms with E-state index in [2.05, 4.69) is 32.1 Å². The summed E-state index contributed by atoms with van der Waals surface area (Å²) in [6.45, 7) is 4.39. The van der Waals surface area contributed by atoms with Crippen LogP contribution in [0.3, 0.4) is 0 Å². The molecule has 0 radical (unpaired) electrons. The zero-order valence-corrected chi connectivity index (χ0v) is 6.93. The van der Waals surface area contributed by atoms with Crippen LogP contribution in [0.5, 0.6) is 0 Å². The average molecular weight is 136 g/mol. The second-order valence-electron chi connectivity index (χ2n) is 3.20. The summed E-state index contributed by atoms with van der Waals surface area (Å²) in [5.41, 5.74) is 1.63. The first kappa shape index (κ1) is 7.59. The monoisotopic (exact) mass is 136 g/mol. The van der Waals surface area contributed by atoms with Crippen LogP contribution in [0.15, 0.2) is 23.8 Å². The second-order valence-corrected chi connectivity index (χ2v) is 3.20. The minimum Gasteiger partial charge on any atom is -0.0877 e. The molecule has 0 aromatic carbocycles. The van der Waals surface area contributed by atoms with Crippen molar-refractivity contribution < 1.29 is 0 Å². The Morgan fingerprint density at radius 3 is 2.80 bits per heavy atom. The summed E-state index contributed by atoms with van der Waals surface area (Å²) in [5.74, 6) is 0.927. The van der Waals surface area contributed by atoms with Crippen molar-refractivity contribution in [3.8, 4) is 0 Å². The van der Waals surface area contributed by atoms with Crippen molar-refractivity contribution in [3.63, 3.8) is 0 Å². The molecule has 1 fully saturated rings. The molecule has 56 valence electrons.